The molecule has 3 rings (SSSR count). The Morgan fingerprint density at radius 2 is 2.17 bits per heavy atom. The van der Waals surface area contributed by atoms with Gasteiger partial charge in [0, 0.05) is 16.5 Å². The fourth-order valence-corrected chi connectivity index (χ4v) is 3.25. The first-order chi connectivity index (χ1) is 8.70. The number of esters is 1. The molecule has 0 saturated heterocycles. The Balaban J connectivity index is 2.08. The first-order valence-electron chi connectivity index (χ1n) is 6.29. The van der Waals surface area contributed by atoms with Crippen LogP contribution in [0.25, 0.3) is 0 Å². The highest BCUT2D eigenvalue weighted by Gasteiger charge is 2.38. The zero-order valence-electron chi connectivity index (χ0n) is 10.2. The van der Waals surface area contributed by atoms with Crippen molar-refractivity contribution in [2.75, 3.05) is 7.11 Å². The van der Waals surface area contributed by atoms with Crippen molar-refractivity contribution >= 4 is 17.6 Å². The van der Waals surface area contributed by atoms with Gasteiger partial charge in [-0.25, -0.2) is 4.79 Å². The summed E-state index contributed by atoms with van der Waals surface area (Å²) in [5, 5.41) is 0.573. The molecule has 0 unspecified atom stereocenters. The Kier molecular flexibility index (Phi) is 2.94. The maximum absolute atomic E-state index is 11.8. The molecule has 0 radical (unpaired) electrons. The Hall–Kier alpha value is -1.22. The minimum Gasteiger partial charge on any atom is -0.489 e. The predicted octanol–water partition coefficient (Wildman–Crippen LogP) is 3.55. The van der Waals surface area contributed by atoms with E-state index in [-0.39, 0.29) is 12.1 Å². The van der Waals surface area contributed by atoms with Gasteiger partial charge in [-0.05, 0) is 31.4 Å². The van der Waals surface area contributed by atoms with Crippen molar-refractivity contribution in [2.24, 2.45) is 0 Å². The van der Waals surface area contributed by atoms with Crippen LogP contribution in [0.4, 0.5) is 0 Å². The monoisotopic (exact) mass is 266 g/mol. The lowest BCUT2D eigenvalue weighted by molar-refractivity contribution is 0.0593. The summed E-state index contributed by atoms with van der Waals surface area (Å²) in [6.07, 6.45) is 4.77. The van der Waals surface area contributed by atoms with Crippen LogP contribution < -0.4 is 4.74 Å². The third-order valence-electron chi connectivity index (χ3n) is 3.86. The molecule has 18 heavy (non-hydrogen) atoms. The van der Waals surface area contributed by atoms with Crippen molar-refractivity contribution in [3.63, 3.8) is 0 Å². The van der Waals surface area contributed by atoms with Crippen LogP contribution in [-0.4, -0.2) is 19.2 Å². The zero-order valence-corrected chi connectivity index (χ0v) is 11.0. The molecule has 1 aliphatic carbocycles. The molecule has 1 aromatic rings. The standard InChI is InChI=1S/C14H15ClO3/c1-17-14(16)11-7-8(15)6-10-9-4-2-3-5-12(9)18-13(10)11/h6-7,9,12H,2-5H2,1H3/t9-,12+/m1/s1. The first-order valence-corrected chi connectivity index (χ1v) is 6.67. The van der Waals surface area contributed by atoms with E-state index in [1.54, 1.807) is 6.07 Å². The summed E-state index contributed by atoms with van der Waals surface area (Å²) in [5.41, 5.74) is 1.53. The van der Waals surface area contributed by atoms with E-state index in [1.807, 2.05) is 6.07 Å². The fraction of sp³-hybridized carbons (Fsp3) is 0.500. The lowest BCUT2D eigenvalue weighted by Crippen LogP contribution is -2.22. The highest BCUT2D eigenvalue weighted by atomic mass is 35.5. The van der Waals surface area contributed by atoms with Crippen LogP contribution >= 0.6 is 11.6 Å². The second-order valence-corrected chi connectivity index (χ2v) is 5.35. The number of fused-ring (bicyclic) bond motifs is 3. The molecule has 4 heteroatoms. The van der Waals surface area contributed by atoms with Crippen LogP contribution in [0.1, 0.15) is 47.5 Å². The lowest BCUT2D eigenvalue weighted by atomic mass is 9.83. The summed E-state index contributed by atoms with van der Waals surface area (Å²) in [6, 6.07) is 3.56. The average Bonchev–Trinajstić information content (AvgIpc) is 2.75. The van der Waals surface area contributed by atoms with Gasteiger partial charge in [0.2, 0.25) is 0 Å². The average molecular weight is 267 g/mol. The maximum atomic E-state index is 11.8. The summed E-state index contributed by atoms with van der Waals surface area (Å²) < 4.78 is 10.8. The molecule has 1 fully saturated rings. The largest absolute Gasteiger partial charge is 0.489 e. The Bertz CT molecular complexity index is 498. The van der Waals surface area contributed by atoms with Gasteiger partial charge in [0.25, 0.3) is 0 Å². The highest BCUT2D eigenvalue weighted by Crippen LogP contribution is 2.48. The first kappa shape index (κ1) is 11.8. The molecule has 0 aromatic heterocycles. The molecule has 1 aliphatic heterocycles. The van der Waals surface area contributed by atoms with E-state index >= 15 is 0 Å². The molecule has 1 saturated carbocycles. The van der Waals surface area contributed by atoms with E-state index in [9.17, 15) is 4.79 Å². The summed E-state index contributed by atoms with van der Waals surface area (Å²) in [4.78, 5) is 11.8. The SMILES string of the molecule is COC(=O)c1cc(Cl)cc2c1O[C@H]1CCCC[C@H]21. The van der Waals surface area contributed by atoms with Gasteiger partial charge in [-0.2, -0.15) is 0 Å². The molecule has 0 spiro atoms. The molecular formula is C14H15ClO3. The number of rotatable bonds is 1. The van der Waals surface area contributed by atoms with Crippen LogP contribution in [0.2, 0.25) is 5.02 Å². The van der Waals surface area contributed by atoms with Gasteiger partial charge < -0.3 is 9.47 Å². The van der Waals surface area contributed by atoms with Gasteiger partial charge in [-0.3, -0.25) is 0 Å². The van der Waals surface area contributed by atoms with Crippen molar-refractivity contribution in [1.29, 1.82) is 0 Å². The number of methoxy groups -OCH3 is 1. The smallest absolute Gasteiger partial charge is 0.341 e. The van der Waals surface area contributed by atoms with E-state index in [4.69, 9.17) is 21.1 Å². The predicted molar refractivity (Wildman–Crippen MR) is 68.4 cm³/mol. The number of halogens is 1. The lowest BCUT2D eigenvalue weighted by Gasteiger charge is -2.23. The fourth-order valence-electron chi connectivity index (χ4n) is 3.03. The third-order valence-corrected chi connectivity index (χ3v) is 4.08. The van der Waals surface area contributed by atoms with Crippen molar-refractivity contribution in [1.82, 2.24) is 0 Å². The molecule has 2 atom stereocenters. The number of carbonyl (C=O) groups excluding carboxylic acids is 1. The number of hydrogen-bond acceptors (Lipinski definition) is 3. The molecule has 1 aromatic carbocycles. The third kappa shape index (κ3) is 1.77. The molecule has 1 heterocycles. The van der Waals surface area contributed by atoms with E-state index in [0.29, 0.717) is 22.3 Å². The molecule has 3 nitrogen and oxygen atoms in total. The zero-order chi connectivity index (χ0) is 12.7. The van der Waals surface area contributed by atoms with Gasteiger partial charge in [-0.1, -0.05) is 18.0 Å². The van der Waals surface area contributed by atoms with Crippen molar-refractivity contribution < 1.29 is 14.3 Å². The molecule has 0 bridgehead atoms. The summed E-state index contributed by atoms with van der Waals surface area (Å²) >= 11 is 6.10. The number of benzene rings is 1. The second-order valence-electron chi connectivity index (χ2n) is 4.91. The summed E-state index contributed by atoms with van der Waals surface area (Å²) in [6.45, 7) is 0. The van der Waals surface area contributed by atoms with Crippen LogP contribution in [0, 0.1) is 0 Å². The minimum atomic E-state index is -0.382. The maximum Gasteiger partial charge on any atom is 0.341 e. The molecule has 0 N–H and O–H groups in total. The van der Waals surface area contributed by atoms with Crippen LogP contribution in [0.3, 0.4) is 0 Å². The van der Waals surface area contributed by atoms with Crippen LogP contribution in [-0.2, 0) is 4.74 Å². The summed E-state index contributed by atoms with van der Waals surface area (Å²) in [5.74, 6) is 0.686. The molecule has 96 valence electrons. The van der Waals surface area contributed by atoms with E-state index in [1.165, 1.54) is 20.0 Å². The highest BCUT2D eigenvalue weighted by molar-refractivity contribution is 6.31. The molecule has 2 aliphatic rings. The Morgan fingerprint density at radius 1 is 1.39 bits per heavy atom. The van der Waals surface area contributed by atoms with Crippen LogP contribution in [0.15, 0.2) is 12.1 Å². The van der Waals surface area contributed by atoms with E-state index < -0.39 is 0 Å². The van der Waals surface area contributed by atoms with Crippen molar-refractivity contribution in [3.05, 3.63) is 28.3 Å². The van der Waals surface area contributed by atoms with Crippen LogP contribution in [0.5, 0.6) is 5.75 Å². The van der Waals surface area contributed by atoms with E-state index in [2.05, 4.69) is 0 Å². The Morgan fingerprint density at radius 3 is 2.94 bits per heavy atom. The minimum absolute atomic E-state index is 0.204. The van der Waals surface area contributed by atoms with Gasteiger partial charge >= 0.3 is 5.97 Å². The summed E-state index contributed by atoms with van der Waals surface area (Å²) in [7, 11) is 1.37. The molecule has 0 amide bonds. The number of carbonyl (C=O) groups is 1. The second kappa shape index (κ2) is 4.47. The van der Waals surface area contributed by atoms with Crippen molar-refractivity contribution in [2.45, 2.75) is 37.7 Å². The van der Waals surface area contributed by atoms with Gasteiger partial charge in [-0.15, -0.1) is 0 Å². The van der Waals surface area contributed by atoms with Gasteiger partial charge in [0.15, 0.2) is 0 Å². The number of ether oxygens (including phenoxy) is 2. The van der Waals surface area contributed by atoms with E-state index in [0.717, 1.165) is 18.4 Å². The Labute approximate surface area is 111 Å². The number of hydrogen-bond donors (Lipinski definition) is 0. The topological polar surface area (TPSA) is 35.5 Å². The van der Waals surface area contributed by atoms with Crippen molar-refractivity contribution in [3.8, 4) is 5.75 Å². The normalized spacial score (nSPS) is 25.0. The molecular weight excluding hydrogens is 252 g/mol. The van der Waals surface area contributed by atoms with Gasteiger partial charge in [0.05, 0.1) is 7.11 Å². The quantitative estimate of drug-likeness (QED) is 0.730. The van der Waals surface area contributed by atoms with Gasteiger partial charge in [0.1, 0.15) is 17.4 Å².